The van der Waals surface area contributed by atoms with Crippen LogP contribution in [0.4, 0.5) is 14.7 Å². The standard InChI is InChI=1S/C30H33F2N5O2/c1-18-15-24(16-19(2)26(18)21-11-13-23(14-12-21)30(6,31)32)39-25(17-29(3,4)5)20-7-9-22(10-8-20)27(38)33-28-34-36-37-35-28/h7-16,25H,17H2,1-6H3,(H2,33,34,35,36,37,38). The Balaban J connectivity index is 1.57. The van der Waals surface area contributed by atoms with Crippen LogP contribution in [0.15, 0.2) is 60.7 Å². The quantitative estimate of drug-likeness (QED) is 0.246. The Morgan fingerprint density at radius 1 is 0.974 bits per heavy atom. The van der Waals surface area contributed by atoms with E-state index in [4.69, 9.17) is 4.74 Å². The number of tetrazole rings is 1. The monoisotopic (exact) mass is 533 g/mol. The van der Waals surface area contributed by atoms with Crippen molar-refractivity contribution in [1.29, 1.82) is 0 Å². The summed E-state index contributed by atoms with van der Waals surface area (Å²) in [6.45, 7) is 11.3. The first-order chi connectivity index (χ1) is 18.3. The van der Waals surface area contributed by atoms with Crippen LogP contribution in [0, 0.1) is 19.3 Å². The first-order valence-electron chi connectivity index (χ1n) is 12.7. The predicted octanol–water partition coefficient (Wildman–Crippen LogP) is 7.40. The van der Waals surface area contributed by atoms with E-state index in [1.807, 2.05) is 38.1 Å². The smallest absolute Gasteiger partial charge is 0.270 e. The van der Waals surface area contributed by atoms with Gasteiger partial charge in [0.05, 0.1) is 0 Å². The fourth-order valence-corrected chi connectivity index (χ4v) is 4.56. The Labute approximate surface area is 227 Å². The molecule has 0 saturated heterocycles. The molecule has 7 nitrogen and oxygen atoms in total. The highest BCUT2D eigenvalue weighted by atomic mass is 19.3. The summed E-state index contributed by atoms with van der Waals surface area (Å²) < 4.78 is 33.9. The number of carbonyl (C=O) groups is 1. The van der Waals surface area contributed by atoms with Gasteiger partial charge in [0.25, 0.3) is 17.8 Å². The molecule has 1 heterocycles. The van der Waals surface area contributed by atoms with Crippen molar-refractivity contribution in [1.82, 2.24) is 20.6 Å². The van der Waals surface area contributed by atoms with Crippen LogP contribution in [0.3, 0.4) is 0 Å². The number of hydrogen-bond acceptors (Lipinski definition) is 5. The lowest BCUT2D eigenvalue weighted by atomic mass is 9.86. The second-order valence-electron chi connectivity index (χ2n) is 11.1. The van der Waals surface area contributed by atoms with Crippen molar-refractivity contribution in [3.63, 3.8) is 0 Å². The molecule has 39 heavy (non-hydrogen) atoms. The number of alkyl halides is 2. The van der Waals surface area contributed by atoms with Crippen molar-refractivity contribution in [3.8, 4) is 16.9 Å². The summed E-state index contributed by atoms with van der Waals surface area (Å²) in [5.74, 6) is -2.39. The van der Waals surface area contributed by atoms with Crippen molar-refractivity contribution in [2.24, 2.45) is 5.41 Å². The van der Waals surface area contributed by atoms with Crippen molar-refractivity contribution in [2.45, 2.75) is 60.0 Å². The van der Waals surface area contributed by atoms with Crippen molar-refractivity contribution in [3.05, 3.63) is 88.5 Å². The number of nitrogens with one attached hydrogen (secondary N) is 2. The van der Waals surface area contributed by atoms with Gasteiger partial charge in [0.15, 0.2) is 0 Å². The first-order valence-corrected chi connectivity index (χ1v) is 12.7. The molecule has 0 aliphatic rings. The van der Waals surface area contributed by atoms with Gasteiger partial charge in [0.1, 0.15) is 11.9 Å². The Morgan fingerprint density at radius 3 is 2.10 bits per heavy atom. The minimum atomic E-state index is -2.88. The maximum Gasteiger partial charge on any atom is 0.270 e. The van der Waals surface area contributed by atoms with E-state index in [-0.39, 0.29) is 28.9 Å². The first kappa shape index (κ1) is 27.9. The van der Waals surface area contributed by atoms with Gasteiger partial charge in [-0.05, 0) is 83.0 Å². The van der Waals surface area contributed by atoms with Crippen LogP contribution in [0.5, 0.6) is 5.75 Å². The average molecular weight is 534 g/mol. The Hall–Kier alpha value is -4.14. The van der Waals surface area contributed by atoms with Crippen LogP contribution in [0.25, 0.3) is 11.1 Å². The van der Waals surface area contributed by atoms with Crippen molar-refractivity contribution < 1.29 is 18.3 Å². The number of aromatic amines is 1. The number of aryl methyl sites for hydroxylation is 2. The van der Waals surface area contributed by atoms with Gasteiger partial charge < -0.3 is 4.74 Å². The number of carbonyl (C=O) groups excluding carboxylic acids is 1. The van der Waals surface area contributed by atoms with Gasteiger partial charge >= 0.3 is 0 Å². The number of aromatic nitrogens is 4. The zero-order valence-electron chi connectivity index (χ0n) is 23.0. The Morgan fingerprint density at radius 2 is 1.59 bits per heavy atom. The molecular formula is C30H33F2N5O2. The fraction of sp³-hybridized carbons (Fsp3) is 0.333. The molecule has 1 amide bonds. The van der Waals surface area contributed by atoms with Gasteiger partial charge in [0, 0.05) is 18.1 Å². The number of anilines is 1. The zero-order valence-corrected chi connectivity index (χ0v) is 23.0. The minimum absolute atomic E-state index is 0.00940. The summed E-state index contributed by atoms with van der Waals surface area (Å²) >= 11 is 0. The SMILES string of the molecule is Cc1cc(OC(CC(C)(C)C)c2ccc(C(=O)Nc3nn[nH]n3)cc2)cc(C)c1-c1ccc(C(C)(F)F)cc1. The lowest BCUT2D eigenvalue weighted by Crippen LogP contribution is -2.18. The molecule has 1 unspecified atom stereocenters. The van der Waals surface area contributed by atoms with Gasteiger partial charge in [-0.15, -0.1) is 5.10 Å². The van der Waals surface area contributed by atoms with E-state index in [1.165, 1.54) is 12.1 Å². The lowest BCUT2D eigenvalue weighted by molar-refractivity contribution is 0.0175. The maximum atomic E-state index is 13.7. The highest BCUT2D eigenvalue weighted by Crippen LogP contribution is 2.37. The van der Waals surface area contributed by atoms with E-state index >= 15 is 0 Å². The molecule has 0 radical (unpaired) electrons. The molecule has 0 aliphatic carbocycles. The van der Waals surface area contributed by atoms with Gasteiger partial charge in [0.2, 0.25) is 0 Å². The van der Waals surface area contributed by atoms with E-state index in [2.05, 4.69) is 46.7 Å². The molecular weight excluding hydrogens is 500 g/mol. The molecule has 1 atom stereocenters. The average Bonchev–Trinajstić information content (AvgIpc) is 3.35. The van der Waals surface area contributed by atoms with Crippen LogP contribution in [0.1, 0.15) is 72.8 Å². The zero-order chi connectivity index (χ0) is 28.4. The summed E-state index contributed by atoms with van der Waals surface area (Å²) in [6.07, 6.45) is 0.489. The van der Waals surface area contributed by atoms with Crippen LogP contribution in [0.2, 0.25) is 0 Å². The largest absolute Gasteiger partial charge is 0.486 e. The maximum absolute atomic E-state index is 13.7. The van der Waals surface area contributed by atoms with E-state index < -0.39 is 5.92 Å². The molecule has 204 valence electrons. The second kappa shape index (κ2) is 10.9. The van der Waals surface area contributed by atoms with Crippen molar-refractivity contribution in [2.75, 3.05) is 5.32 Å². The minimum Gasteiger partial charge on any atom is -0.486 e. The predicted molar refractivity (Wildman–Crippen MR) is 147 cm³/mol. The molecule has 4 rings (SSSR count). The molecule has 3 aromatic carbocycles. The summed E-state index contributed by atoms with van der Waals surface area (Å²) in [4.78, 5) is 12.5. The third-order valence-electron chi connectivity index (χ3n) is 6.38. The third-order valence-corrected chi connectivity index (χ3v) is 6.38. The molecule has 0 fully saturated rings. The molecule has 2 N–H and O–H groups in total. The number of amides is 1. The number of nitrogens with zero attached hydrogens (tertiary/aromatic N) is 3. The van der Waals surface area contributed by atoms with Crippen molar-refractivity contribution >= 4 is 11.9 Å². The van der Waals surface area contributed by atoms with Gasteiger partial charge in [-0.2, -0.15) is 5.21 Å². The molecule has 0 aliphatic heterocycles. The summed E-state index contributed by atoms with van der Waals surface area (Å²) in [5.41, 5.74) is 5.23. The number of H-pyrrole nitrogens is 1. The number of hydrogen-bond donors (Lipinski definition) is 2. The van der Waals surface area contributed by atoms with Crippen LogP contribution >= 0.6 is 0 Å². The molecule has 0 bridgehead atoms. The molecule has 4 aromatic rings. The third kappa shape index (κ3) is 7.04. The lowest BCUT2D eigenvalue weighted by Gasteiger charge is -2.28. The topological polar surface area (TPSA) is 92.8 Å². The highest BCUT2D eigenvalue weighted by Gasteiger charge is 2.25. The van der Waals surface area contributed by atoms with Crippen LogP contribution in [-0.4, -0.2) is 26.5 Å². The highest BCUT2D eigenvalue weighted by molar-refractivity contribution is 6.03. The molecule has 0 spiro atoms. The number of benzene rings is 3. The van der Waals surface area contributed by atoms with E-state index in [0.717, 1.165) is 46.9 Å². The van der Waals surface area contributed by atoms with E-state index in [1.54, 1.807) is 24.3 Å². The van der Waals surface area contributed by atoms with Gasteiger partial charge in [-0.3, -0.25) is 10.1 Å². The van der Waals surface area contributed by atoms with E-state index in [0.29, 0.717) is 5.56 Å². The number of ether oxygens (including phenoxy) is 1. The fourth-order valence-electron chi connectivity index (χ4n) is 4.56. The molecule has 0 saturated carbocycles. The number of rotatable bonds is 8. The Kier molecular flexibility index (Phi) is 7.81. The summed E-state index contributed by atoms with van der Waals surface area (Å²) in [7, 11) is 0. The number of halogens is 2. The molecule has 9 heteroatoms. The molecule has 1 aromatic heterocycles. The normalized spacial score (nSPS) is 12.7. The van der Waals surface area contributed by atoms with Crippen LogP contribution < -0.4 is 10.1 Å². The summed E-state index contributed by atoms with van der Waals surface area (Å²) in [5, 5.41) is 15.8. The van der Waals surface area contributed by atoms with Gasteiger partial charge in [-0.1, -0.05) is 62.3 Å². The van der Waals surface area contributed by atoms with E-state index in [9.17, 15) is 13.6 Å². The second-order valence-corrected chi connectivity index (χ2v) is 11.1. The van der Waals surface area contributed by atoms with Crippen LogP contribution in [-0.2, 0) is 5.92 Å². The van der Waals surface area contributed by atoms with Gasteiger partial charge in [-0.25, -0.2) is 8.78 Å². The summed E-state index contributed by atoms with van der Waals surface area (Å²) in [6, 6.07) is 17.7. The Bertz CT molecular complexity index is 1400.